The van der Waals surface area contributed by atoms with Crippen LogP contribution in [0.4, 0.5) is 10.7 Å². The maximum Gasteiger partial charge on any atom is 0.341 e. The fourth-order valence-corrected chi connectivity index (χ4v) is 5.21. The summed E-state index contributed by atoms with van der Waals surface area (Å²) in [6.45, 7) is 1.50. The Bertz CT molecular complexity index is 1280. The van der Waals surface area contributed by atoms with Crippen LogP contribution in [0.15, 0.2) is 54.6 Å². The van der Waals surface area contributed by atoms with E-state index in [-0.39, 0.29) is 5.69 Å². The predicted molar refractivity (Wildman–Crippen MR) is 132 cm³/mol. The number of ether oxygens (including phenoxy) is 1. The van der Waals surface area contributed by atoms with Crippen LogP contribution in [0.3, 0.4) is 0 Å². The van der Waals surface area contributed by atoms with E-state index in [1.807, 2.05) is 25.2 Å². The molecule has 2 aromatic carbocycles. The Kier molecular flexibility index (Phi) is 6.85. The molecule has 8 nitrogen and oxygen atoms in total. The van der Waals surface area contributed by atoms with Crippen LogP contribution >= 0.6 is 11.3 Å². The number of non-ortho nitro benzene ring substituents is 1. The third-order valence-electron chi connectivity index (χ3n) is 5.59. The molecule has 9 heteroatoms. The number of anilines is 1. The second-order valence-electron chi connectivity index (χ2n) is 7.92. The average molecular weight is 478 g/mol. The van der Waals surface area contributed by atoms with Crippen molar-refractivity contribution in [2.75, 3.05) is 26.0 Å². The quantitative estimate of drug-likeness (QED) is 0.183. The summed E-state index contributed by atoms with van der Waals surface area (Å²) >= 11 is 1.37. The topological polar surface area (TPSA) is 102 Å². The van der Waals surface area contributed by atoms with Gasteiger partial charge in [-0.15, -0.1) is 11.3 Å². The van der Waals surface area contributed by atoms with E-state index in [0.717, 1.165) is 17.0 Å². The number of likely N-dealkylation sites (N-methyl/N-ethyl adjacent to an activating group) is 1. The zero-order chi connectivity index (χ0) is 24.2. The first kappa shape index (κ1) is 23.3. The molecule has 2 heterocycles. The SMILES string of the molecule is COC(=O)c1c(NC(=O)/C(=C/c2cccc([N+](=O)[O-])c2)c2ccccc2)sc2c1CCN(C)C2. The van der Waals surface area contributed by atoms with Gasteiger partial charge in [0.05, 0.1) is 17.6 Å². The van der Waals surface area contributed by atoms with E-state index in [9.17, 15) is 19.7 Å². The second-order valence-corrected chi connectivity index (χ2v) is 9.02. The molecule has 0 aliphatic carbocycles. The standard InChI is InChI=1S/C25H23N3O5S/c1-27-12-11-19-21(15-27)34-24(22(19)25(30)33-2)26-23(29)20(17-8-4-3-5-9-17)14-16-7-6-10-18(13-16)28(31)32/h3-10,13-14H,11-12,15H2,1-2H3,(H,26,29)/b20-14+. The summed E-state index contributed by atoms with van der Waals surface area (Å²) in [6.07, 6.45) is 2.30. The van der Waals surface area contributed by atoms with E-state index in [1.54, 1.807) is 30.3 Å². The largest absolute Gasteiger partial charge is 0.465 e. The highest BCUT2D eigenvalue weighted by molar-refractivity contribution is 7.17. The van der Waals surface area contributed by atoms with Crippen LogP contribution in [0.2, 0.25) is 0 Å². The molecule has 0 radical (unpaired) electrons. The van der Waals surface area contributed by atoms with Gasteiger partial charge in [0.2, 0.25) is 0 Å². The van der Waals surface area contributed by atoms with Crippen LogP contribution in [0.25, 0.3) is 11.6 Å². The molecule has 4 rings (SSSR count). The highest BCUT2D eigenvalue weighted by Gasteiger charge is 2.29. The molecular weight excluding hydrogens is 454 g/mol. The number of hydrogen-bond donors (Lipinski definition) is 1. The first-order chi connectivity index (χ1) is 16.4. The Morgan fingerprint density at radius 3 is 2.65 bits per heavy atom. The van der Waals surface area contributed by atoms with Gasteiger partial charge in [0.25, 0.3) is 11.6 Å². The number of esters is 1. The van der Waals surface area contributed by atoms with Crippen molar-refractivity contribution in [3.8, 4) is 0 Å². The van der Waals surface area contributed by atoms with Gasteiger partial charge < -0.3 is 15.0 Å². The highest BCUT2D eigenvalue weighted by atomic mass is 32.1. The van der Waals surface area contributed by atoms with Gasteiger partial charge in [-0.05, 0) is 36.2 Å². The van der Waals surface area contributed by atoms with Crippen molar-refractivity contribution in [3.63, 3.8) is 0 Å². The molecule has 3 aromatic rings. The molecule has 0 saturated heterocycles. The lowest BCUT2D eigenvalue weighted by atomic mass is 10.0. The van der Waals surface area contributed by atoms with Gasteiger partial charge in [0, 0.05) is 35.7 Å². The average Bonchev–Trinajstić information content (AvgIpc) is 3.19. The molecule has 1 amide bonds. The summed E-state index contributed by atoms with van der Waals surface area (Å²) < 4.78 is 5.01. The van der Waals surface area contributed by atoms with Crippen LogP contribution in [0.1, 0.15) is 31.9 Å². The van der Waals surface area contributed by atoms with E-state index < -0.39 is 16.8 Å². The number of hydrogen-bond acceptors (Lipinski definition) is 7. The van der Waals surface area contributed by atoms with Crippen LogP contribution in [0, 0.1) is 10.1 Å². The number of thiophene rings is 1. The predicted octanol–water partition coefficient (Wildman–Crippen LogP) is 4.61. The number of fused-ring (bicyclic) bond motifs is 1. The normalized spacial score (nSPS) is 13.8. The van der Waals surface area contributed by atoms with Crippen LogP contribution in [-0.2, 0) is 22.5 Å². The van der Waals surface area contributed by atoms with Crippen LogP contribution in [-0.4, -0.2) is 42.4 Å². The lowest BCUT2D eigenvalue weighted by molar-refractivity contribution is -0.384. The van der Waals surface area contributed by atoms with E-state index in [0.29, 0.717) is 40.2 Å². The van der Waals surface area contributed by atoms with E-state index in [4.69, 9.17) is 4.74 Å². The molecular formula is C25H23N3O5S. The molecule has 1 aliphatic rings. The Labute approximate surface area is 200 Å². The zero-order valence-electron chi connectivity index (χ0n) is 18.7. The summed E-state index contributed by atoms with van der Waals surface area (Å²) in [5.41, 5.74) is 2.72. The minimum absolute atomic E-state index is 0.0652. The van der Waals surface area contributed by atoms with E-state index in [2.05, 4.69) is 10.2 Å². The van der Waals surface area contributed by atoms with E-state index >= 15 is 0 Å². The van der Waals surface area contributed by atoms with Crippen molar-refractivity contribution >= 4 is 45.6 Å². The first-order valence-electron chi connectivity index (χ1n) is 10.6. The third-order valence-corrected chi connectivity index (χ3v) is 6.72. The van der Waals surface area contributed by atoms with Crippen molar-refractivity contribution < 1.29 is 19.2 Å². The number of nitro groups is 1. The van der Waals surface area contributed by atoms with Crippen LogP contribution < -0.4 is 5.32 Å². The molecule has 1 N–H and O–H groups in total. The second kappa shape index (κ2) is 9.98. The smallest absolute Gasteiger partial charge is 0.341 e. The fourth-order valence-electron chi connectivity index (χ4n) is 3.90. The van der Waals surface area contributed by atoms with Gasteiger partial charge in [0.1, 0.15) is 5.00 Å². The summed E-state index contributed by atoms with van der Waals surface area (Å²) in [4.78, 5) is 40.0. The van der Waals surface area contributed by atoms with Gasteiger partial charge in [-0.3, -0.25) is 14.9 Å². The molecule has 0 bridgehead atoms. The molecule has 0 unspecified atom stereocenters. The monoisotopic (exact) mass is 477 g/mol. The summed E-state index contributed by atoms with van der Waals surface area (Å²) in [5, 5.41) is 14.5. The molecule has 0 atom stereocenters. The molecule has 1 aliphatic heterocycles. The summed E-state index contributed by atoms with van der Waals surface area (Å²) in [7, 11) is 3.33. The molecule has 34 heavy (non-hydrogen) atoms. The number of amides is 1. The summed E-state index contributed by atoms with van der Waals surface area (Å²) in [5.74, 6) is -0.906. The lowest BCUT2D eigenvalue weighted by Gasteiger charge is -2.22. The Balaban J connectivity index is 1.75. The Morgan fingerprint density at radius 1 is 1.18 bits per heavy atom. The number of nitro benzene ring substituents is 1. The fraction of sp³-hybridized carbons (Fsp3) is 0.200. The Morgan fingerprint density at radius 2 is 1.94 bits per heavy atom. The molecule has 0 saturated carbocycles. The van der Waals surface area contributed by atoms with Crippen molar-refractivity contribution in [2.24, 2.45) is 0 Å². The molecule has 0 spiro atoms. The van der Waals surface area contributed by atoms with Crippen molar-refractivity contribution in [1.82, 2.24) is 4.90 Å². The zero-order valence-corrected chi connectivity index (χ0v) is 19.6. The molecule has 1 aromatic heterocycles. The number of nitrogens with one attached hydrogen (secondary N) is 1. The Hall–Kier alpha value is -3.82. The van der Waals surface area contributed by atoms with Crippen LogP contribution in [0.5, 0.6) is 0 Å². The van der Waals surface area contributed by atoms with Crippen molar-refractivity contribution in [2.45, 2.75) is 13.0 Å². The van der Waals surface area contributed by atoms with Gasteiger partial charge in [-0.1, -0.05) is 42.5 Å². The highest BCUT2D eigenvalue weighted by Crippen LogP contribution is 2.38. The number of methoxy groups -OCH3 is 1. The van der Waals surface area contributed by atoms with Gasteiger partial charge >= 0.3 is 5.97 Å². The number of nitrogens with zero attached hydrogens (tertiary/aromatic N) is 2. The number of carbonyl (C=O) groups is 2. The van der Waals surface area contributed by atoms with Gasteiger partial charge in [-0.25, -0.2) is 4.79 Å². The summed E-state index contributed by atoms with van der Waals surface area (Å²) in [6, 6.07) is 15.1. The number of rotatable bonds is 6. The maximum atomic E-state index is 13.5. The lowest BCUT2D eigenvalue weighted by Crippen LogP contribution is -2.26. The number of carbonyl (C=O) groups excluding carboxylic acids is 2. The number of benzene rings is 2. The molecule has 0 fully saturated rings. The molecule has 174 valence electrons. The van der Waals surface area contributed by atoms with E-state index in [1.165, 1.54) is 30.6 Å². The minimum atomic E-state index is -0.485. The third kappa shape index (κ3) is 4.90. The van der Waals surface area contributed by atoms with Crippen molar-refractivity contribution in [3.05, 3.63) is 91.8 Å². The van der Waals surface area contributed by atoms with Crippen molar-refractivity contribution in [1.29, 1.82) is 0 Å². The first-order valence-corrected chi connectivity index (χ1v) is 11.4. The van der Waals surface area contributed by atoms with Gasteiger partial charge in [-0.2, -0.15) is 0 Å². The minimum Gasteiger partial charge on any atom is -0.465 e. The van der Waals surface area contributed by atoms with Gasteiger partial charge in [0.15, 0.2) is 0 Å². The maximum absolute atomic E-state index is 13.5.